The maximum atomic E-state index is 12.4. The highest BCUT2D eigenvalue weighted by molar-refractivity contribution is 5.69. The zero-order chi connectivity index (χ0) is 19.2. The lowest BCUT2D eigenvalue weighted by molar-refractivity contribution is -0.844. The molecule has 26 heavy (non-hydrogen) atoms. The number of carbonyl (C=O) groups is 1. The molecule has 0 spiro atoms. The number of quaternary nitrogens is 1. The first kappa shape index (κ1) is 20.1. The lowest BCUT2D eigenvalue weighted by Gasteiger charge is -2.44. The zero-order valence-corrected chi connectivity index (χ0v) is 16.1. The van der Waals surface area contributed by atoms with Crippen molar-refractivity contribution in [3.8, 4) is 0 Å². The SMILES string of the molecule is CCC(=O)O[C@](Cc1ccccc1)(c1ccccc1)[C@H](C)C[N+](C)(C)[O-]. The van der Waals surface area contributed by atoms with E-state index in [0.717, 1.165) is 11.1 Å². The topological polar surface area (TPSA) is 49.4 Å². The van der Waals surface area contributed by atoms with Crippen molar-refractivity contribution in [1.82, 2.24) is 0 Å². The third kappa shape index (κ3) is 5.16. The van der Waals surface area contributed by atoms with Gasteiger partial charge in [-0.15, -0.1) is 0 Å². The monoisotopic (exact) mass is 355 g/mol. The van der Waals surface area contributed by atoms with Gasteiger partial charge in [0.15, 0.2) is 0 Å². The van der Waals surface area contributed by atoms with Crippen LogP contribution in [0, 0.1) is 11.1 Å². The van der Waals surface area contributed by atoms with E-state index in [-0.39, 0.29) is 11.9 Å². The third-order valence-corrected chi connectivity index (χ3v) is 4.67. The normalized spacial score (nSPS) is 15.1. The van der Waals surface area contributed by atoms with Gasteiger partial charge in [0.25, 0.3) is 0 Å². The predicted octanol–water partition coefficient (Wildman–Crippen LogP) is 4.29. The van der Waals surface area contributed by atoms with Gasteiger partial charge in [0.1, 0.15) is 5.60 Å². The molecule has 2 atom stereocenters. The second kappa shape index (κ2) is 8.47. The van der Waals surface area contributed by atoms with E-state index in [1.807, 2.05) is 67.6 Å². The van der Waals surface area contributed by atoms with Crippen LogP contribution in [-0.2, 0) is 21.6 Å². The second-order valence-electron chi connectivity index (χ2n) is 7.40. The van der Waals surface area contributed by atoms with Crippen molar-refractivity contribution in [3.05, 3.63) is 77.0 Å². The average Bonchev–Trinajstić information content (AvgIpc) is 2.61. The molecule has 4 nitrogen and oxygen atoms in total. The minimum absolute atomic E-state index is 0.159. The molecule has 0 radical (unpaired) electrons. The van der Waals surface area contributed by atoms with E-state index in [9.17, 15) is 10.0 Å². The number of hydroxylamine groups is 3. The summed E-state index contributed by atoms with van der Waals surface area (Å²) in [5.41, 5.74) is 1.12. The molecule has 0 N–H and O–H groups in total. The van der Waals surface area contributed by atoms with Crippen LogP contribution < -0.4 is 0 Å². The summed E-state index contributed by atoms with van der Waals surface area (Å²) >= 11 is 0. The van der Waals surface area contributed by atoms with Crippen molar-refractivity contribution in [2.45, 2.75) is 32.3 Å². The molecule has 2 aromatic rings. The summed E-state index contributed by atoms with van der Waals surface area (Å²) in [5.74, 6) is -0.416. The molecule has 2 rings (SSSR count). The molecular weight excluding hydrogens is 326 g/mol. The molecule has 0 aliphatic rings. The largest absolute Gasteiger partial charge is 0.633 e. The number of benzene rings is 2. The van der Waals surface area contributed by atoms with Crippen LogP contribution in [0.5, 0.6) is 0 Å². The van der Waals surface area contributed by atoms with Crippen LogP contribution in [0.4, 0.5) is 0 Å². The highest BCUT2D eigenvalue weighted by Gasteiger charge is 2.43. The first-order valence-electron chi connectivity index (χ1n) is 9.12. The van der Waals surface area contributed by atoms with E-state index in [1.54, 1.807) is 21.0 Å². The van der Waals surface area contributed by atoms with E-state index in [1.165, 1.54) is 0 Å². The molecule has 2 aromatic carbocycles. The standard InChI is InChI=1S/C22H29NO3/c1-5-21(24)26-22(18(2)17-23(3,4)25,20-14-10-7-11-15-20)16-19-12-8-6-9-13-19/h6-15,18H,5,16-17H2,1-4H3/t18-,22+/m1/s1. The Kier molecular flexibility index (Phi) is 6.57. The molecule has 0 bridgehead atoms. The molecule has 0 amide bonds. The highest BCUT2D eigenvalue weighted by Crippen LogP contribution is 2.39. The Balaban J connectivity index is 2.55. The first-order chi connectivity index (χ1) is 12.3. The van der Waals surface area contributed by atoms with Gasteiger partial charge in [-0.1, -0.05) is 74.5 Å². The molecule has 4 heteroatoms. The van der Waals surface area contributed by atoms with E-state index in [0.29, 0.717) is 19.4 Å². The first-order valence-corrected chi connectivity index (χ1v) is 9.12. The van der Waals surface area contributed by atoms with Crippen molar-refractivity contribution in [1.29, 1.82) is 0 Å². The number of hydrogen-bond acceptors (Lipinski definition) is 3. The van der Waals surface area contributed by atoms with Crippen LogP contribution in [0.2, 0.25) is 0 Å². The Morgan fingerprint density at radius 2 is 1.62 bits per heavy atom. The molecule has 0 fully saturated rings. The molecule has 0 unspecified atom stereocenters. The Morgan fingerprint density at radius 1 is 1.08 bits per heavy atom. The molecule has 0 aliphatic heterocycles. The van der Waals surface area contributed by atoms with Crippen LogP contribution in [-0.4, -0.2) is 31.3 Å². The number of nitrogens with zero attached hydrogens (tertiary/aromatic N) is 1. The van der Waals surface area contributed by atoms with Crippen LogP contribution in [0.3, 0.4) is 0 Å². The second-order valence-corrected chi connectivity index (χ2v) is 7.40. The summed E-state index contributed by atoms with van der Waals surface area (Å²) < 4.78 is 5.66. The molecule has 140 valence electrons. The lowest BCUT2D eigenvalue weighted by atomic mass is 9.77. The zero-order valence-electron chi connectivity index (χ0n) is 16.1. The smallest absolute Gasteiger partial charge is 0.306 e. The highest BCUT2D eigenvalue weighted by atomic mass is 16.6. The van der Waals surface area contributed by atoms with Crippen LogP contribution in [0.1, 0.15) is 31.4 Å². The van der Waals surface area contributed by atoms with Crippen molar-refractivity contribution in [2.24, 2.45) is 5.92 Å². The van der Waals surface area contributed by atoms with Gasteiger partial charge in [-0.3, -0.25) is 4.79 Å². The van der Waals surface area contributed by atoms with E-state index in [2.05, 4.69) is 0 Å². The Bertz CT molecular complexity index is 694. The maximum absolute atomic E-state index is 12.4. The van der Waals surface area contributed by atoms with Gasteiger partial charge in [0.05, 0.1) is 26.6 Å². The fourth-order valence-corrected chi connectivity index (χ4v) is 3.46. The summed E-state index contributed by atoms with van der Waals surface area (Å²) in [6.45, 7) is 4.13. The van der Waals surface area contributed by atoms with Crippen molar-refractivity contribution >= 4 is 5.97 Å². The Labute approximate surface area is 156 Å². The van der Waals surface area contributed by atoms with Gasteiger partial charge in [-0.05, 0) is 11.1 Å². The molecule has 0 saturated carbocycles. The van der Waals surface area contributed by atoms with Gasteiger partial charge in [0, 0.05) is 12.8 Å². The van der Waals surface area contributed by atoms with Gasteiger partial charge < -0.3 is 14.6 Å². The van der Waals surface area contributed by atoms with Crippen molar-refractivity contribution in [2.75, 3.05) is 20.6 Å². The summed E-state index contributed by atoms with van der Waals surface area (Å²) in [6.07, 6.45) is 0.830. The summed E-state index contributed by atoms with van der Waals surface area (Å²) in [5, 5.41) is 12.4. The van der Waals surface area contributed by atoms with Crippen LogP contribution >= 0.6 is 0 Å². The number of ether oxygens (including phenoxy) is 1. The summed E-state index contributed by atoms with van der Waals surface area (Å²) in [6, 6.07) is 19.8. The molecule has 0 aromatic heterocycles. The summed E-state index contributed by atoms with van der Waals surface area (Å²) in [4.78, 5) is 12.4. The number of hydrogen-bond donors (Lipinski definition) is 0. The van der Waals surface area contributed by atoms with E-state index < -0.39 is 10.2 Å². The number of carbonyl (C=O) groups excluding carboxylic acids is 1. The average molecular weight is 355 g/mol. The van der Waals surface area contributed by atoms with Crippen LogP contribution in [0.25, 0.3) is 0 Å². The Morgan fingerprint density at radius 3 is 2.12 bits per heavy atom. The molecular formula is C22H29NO3. The minimum atomic E-state index is -0.879. The van der Waals surface area contributed by atoms with Crippen LogP contribution in [0.15, 0.2) is 60.7 Å². The van der Waals surface area contributed by atoms with Gasteiger partial charge in [-0.25, -0.2) is 0 Å². The van der Waals surface area contributed by atoms with E-state index in [4.69, 9.17) is 4.74 Å². The van der Waals surface area contributed by atoms with Crippen molar-refractivity contribution in [3.63, 3.8) is 0 Å². The Hall–Kier alpha value is -2.17. The van der Waals surface area contributed by atoms with E-state index >= 15 is 0 Å². The fourth-order valence-electron chi connectivity index (χ4n) is 3.46. The number of rotatable bonds is 8. The number of esters is 1. The summed E-state index contributed by atoms with van der Waals surface area (Å²) in [7, 11) is 3.24. The maximum Gasteiger partial charge on any atom is 0.306 e. The lowest BCUT2D eigenvalue weighted by Crippen LogP contribution is -2.48. The van der Waals surface area contributed by atoms with Gasteiger partial charge in [-0.2, -0.15) is 0 Å². The molecule has 0 saturated heterocycles. The molecule has 0 heterocycles. The third-order valence-electron chi connectivity index (χ3n) is 4.67. The fraction of sp³-hybridized carbons (Fsp3) is 0.409. The van der Waals surface area contributed by atoms with Gasteiger partial charge in [0.2, 0.25) is 0 Å². The van der Waals surface area contributed by atoms with Gasteiger partial charge >= 0.3 is 5.97 Å². The predicted molar refractivity (Wildman–Crippen MR) is 104 cm³/mol. The minimum Gasteiger partial charge on any atom is -0.633 e. The quantitative estimate of drug-likeness (QED) is 0.403. The van der Waals surface area contributed by atoms with Crippen molar-refractivity contribution < 1.29 is 14.2 Å². The molecule has 0 aliphatic carbocycles.